The molecule has 5 nitrogen and oxygen atoms in total. The summed E-state index contributed by atoms with van der Waals surface area (Å²) >= 11 is 0. The van der Waals surface area contributed by atoms with Gasteiger partial charge in [-0.25, -0.2) is 4.98 Å². The molecular weight excluding hydrogens is 274 g/mol. The fourth-order valence-corrected chi connectivity index (χ4v) is 2.50. The van der Waals surface area contributed by atoms with Crippen LogP contribution in [0.2, 0.25) is 0 Å². The Hall–Kier alpha value is -2.56. The van der Waals surface area contributed by atoms with Crippen LogP contribution in [0.15, 0.2) is 55.2 Å². The molecule has 0 spiro atoms. The molecule has 0 saturated carbocycles. The SMILES string of the molecule is CCn1cncc1CNc1cnn(C(C)c2ccccc2)c1. The maximum atomic E-state index is 4.47. The molecule has 1 unspecified atom stereocenters. The Morgan fingerprint density at radius 2 is 2.00 bits per heavy atom. The highest BCUT2D eigenvalue weighted by Gasteiger charge is 2.09. The number of benzene rings is 1. The Balaban J connectivity index is 1.66. The van der Waals surface area contributed by atoms with Crippen LogP contribution in [-0.4, -0.2) is 19.3 Å². The molecule has 5 heteroatoms. The summed E-state index contributed by atoms with van der Waals surface area (Å²) in [5, 5.41) is 7.87. The number of imidazole rings is 1. The van der Waals surface area contributed by atoms with Gasteiger partial charge in [0.25, 0.3) is 0 Å². The first kappa shape index (κ1) is 14.4. The van der Waals surface area contributed by atoms with E-state index in [0.717, 1.165) is 18.8 Å². The number of rotatable bonds is 6. The third-order valence-electron chi connectivity index (χ3n) is 3.89. The van der Waals surface area contributed by atoms with Crippen molar-refractivity contribution < 1.29 is 0 Å². The summed E-state index contributed by atoms with van der Waals surface area (Å²) in [4.78, 5) is 4.18. The van der Waals surface area contributed by atoms with Crippen molar-refractivity contribution in [3.05, 3.63) is 66.5 Å². The predicted octanol–water partition coefficient (Wildman–Crippen LogP) is 3.32. The molecule has 1 atom stereocenters. The normalized spacial score (nSPS) is 12.3. The van der Waals surface area contributed by atoms with Gasteiger partial charge in [0, 0.05) is 18.9 Å². The molecule has 2 heterocycles. The number of hydrogen-bond acceptors (Lipinski definition) is 3. The van der Waals surface area contributed by atoms with Crippen LogP contribution in [0.25, 0.3) is 0 Å². The highest BCUT2D eigenvalue weighted by atomic mass is 15.3. The standard InChI is InChI=1S/C17H21N5/c1-3-21-13-18-10-17(21)11-19-16-9-20-22(12-16)14(2)15-7-5-4-6-8-15/h4-10,12-14,19H,3,11H2,1-2H3. The van der Waals surface area contributed by atoms with Gasteiger partial charge in [0.2, 0.25) is 0 Å². The molecule has 0 aliphatic rings. The molecular formula is C17H21N5. The van der Waals surface area contributed by atoms with Gasteiger partial charge in [-0.15, -0.1) is 0 Å². The first-order valence-corrected chi connectivity index (χ1v) is 7.60. The van der Waals surface area contributed by atoms with Gasteiger partial charge in [-0.1, -0.05) is 30.3 Å². The number of aromatic nitrogens is 4. The van der Waals surface area contributed by atoms with Gasteiger partial charge in [0.05, 0.1) is 36.5 Å². The van der Waals surface area contributed by atoms with E-state index in [9.17, 15) is 0 Å². The summed E-state index contributed by atoms with van der Waals surface area (Å²) in [5.74, 6) is 0. The minimum absolute atomic E-state index is 0.220. The van der Waals surface area contributed by atoms with Crippen LogP contribution in [0.1, 0.15) is 31.1 Å². The van der Waals surface area contributed by atoms with E-state index in [2.05, 4.69) is 58.1 Å². The summed E-state index contributed by atoms with van der Waals surface area (Å²) in [7, 11) is 0. The summed E-state index contributed by atoms with van der Waals surface area (Å²) in [5.41, 5.74) is 3.44. The molecule has 0 amide bonds. The number of anilines is 1. The molecule has 1 aromatic carbocycles. The lowest BCUT2D eigenvalue weighted by molar-refractivity contribution is 0.564. The van der Waals surface area contributed by atoms with Crippen molar-refractivity contribution in [2.75, 3.05) is 5.32 Å². The Bertz CT molecular complexity index is 713. The molecule has 3 aromatic rings. The van der Waals surface area contributed by atoms with Gasteiger partial charge in [-0.05, 0) is 19.4 Å². The molecule has 2 aromatic heterocycles. The lowest BCUT2D eigenvalue weighted by atomic mass is 10.1. The number of hydrogen-bond donors (Lipinski definition) is 1. The summed E-state index contributed by atoms with van der Waals surface area (Å²) < 4.78 is 4.11. The smallest absolute Gasteiger partial charge is 0.0948 e. The molecule has 0 aliphatic heterocycles. The molecule has 0 aliphatic carbocycles. The third-order valence-corrected chi connectivity index (χ3v) is 3.89. The van der Waals surface area contributed by atoms with E-state index in [-0.39, 0.29) is 6.04 Å². The highest BCUT2D eigenvalue weighted by Crippen LogP contribution is 2.18. The van der Waals surface area contributed by atoms with Crippen LogP contribution >= 0.6 is 0 Å². The van der Waals surface area contributed by atoms with Crippen LogP contribution in [0.3, 0.4) is 0 Å². The Kier molecular flexibility index (Phi) is 4.23. The second-order valence-corrected chi connectivity index (χ2v) is 5.32. The van der Waals surface area contributed by atoms with Gasteiger partial charge >= 0.3 is 0 Å². The van der Waals surface area contributed by atoms with E-state index >= 15 is 0 Å². The van der Waals surface area contributed by atoms with Crippen LogP contribution in [-0.2, 0) is 13.1 Å². The van der Waals surface area contributed by atoms with Crippen molar-refractivity contribution >= 4 is 5.69 Å². The second kappa shape index (κ2) is 6.47. The van der Waals surface area contributed by atoms with Gasteiger partial charge in [-0.3, -0.25) is 4.68 Å². The summed E-state index contributed by atoms with van der Waals surface area (Å²) in [6.07, 6.45) is 7.67. The molecule has 0 bridgehead atoms. The Morgan fingerprint density at radius 1 is 1.18 bits per heavy atom. The van der Waals surface area contributed by atoms with E-state index in [1.807, 2.05) is 35.7 Å². The lowest BCUT2D eigenvalue weighted by Gasteiger charge is -2.12. The summed E-state index contributed by atoms with van der Waals surface area (Å²) in [6, 6.07) is 10.6. The zero-order valence-corrected chi connectivity index (χ0v) is 13.0. The first-order valence-electron chi connectivity index (χ1n) is 7.60. The van der Waals surface area contributed by atoms with E-state index in [4.69, 9.17) is 0 Å². The van der Waals surface area contributed by atoms with Crippen molar-refractivity contribution in [1.82, 2.24) is 19.3 Å². The molecule has 0 saturated heterocycles. The molecule has 114 valence electrons. The first-order chi connectivity index (χ1) is 10.8. The fourth-order valence-electron chi connectivity index (χ4n) is 2.50. The molecule has 3 rings (SSSR count). The van der Waals surface area contributed by atoms with E-state index in [0.29, 0.717) is 0 Å². The van der Waals surface area contributed by atoms with Crippen LogP contribution < -0.4 is 5.32 Å². The number of nitrogens with one attached hydrogen (secondary N) is 1. The van der Waals surface area contributed by atoms with Crippen LogP contribution in [0.4, 0.5) is 5.69 Å². The largest absolute Gasteiger partial charge is 0.377 e. The van der Waals surface area contributed by atoms with Crippen LogP contribution in [0.5, 0.6) is 0 Å². The zero-order chi connectivity index (χ0) is 15.4. The lowest BCUT2D eigenvalue weighted by Crippen LogP contribution is -2.07. The minimum atomic E-state index is 0.220. The summed E-state index contributed by atoms with van der Waals surface area (Å²) in [6.45, 7) is 5.95. The minimum Gasteiger partial charge on any atom is -0.377 e. The van der Waals surface area contributed by atoms with E-state index in [1.165, 1.54) is 11.3 Å². The zero-order valence-electron chi connectivity index (χ0n) is 13.0. The molecule has 22 heavy (non-hydrogen) atoms. The van der Waals surface area contributed by atoms with E-state index < -0.39 is 0 Å². The highest BCUT2D eigenvalue weighted by molar-refractivity contribution is 5.39. The van der Waals surface area contributed by atoms with Crippen LogP contribution in [0, 0.1) is 0 Å². The average molecular weight is 295 g/mol. The quantitative estimate of drug-likeness (QED) is 0.759. The average Bonchev–Trinajstić information content (AvgIpc) is 3.21. The van der Waals surface area contributed by atoms with Crippen molar-refractivity contribution in [2.45, 2.75) is 33.0 Å². The number of nitrogens with zero attached hydrogens (tertiary/aromatic N) is 4. The topological polar surface area (TPSA) is 47.7 Å². The molecule has 1 N–H and O–H groups in total. The van der Waals surface area contributed by atoms with Crippen molar-refractivity contribution in [3.8, 4) is 0 Å². The van der Waals surface area contributed by atoms with Crippen molar-refractivity contribution in [2.24, 2.45) is 0 Å². The monoisotopic (exact) mass is 295 g/mol. The Morgan fingerprint density at radius 3 is 2.77 bits per heavy atom. The van der Waals surface area contributed by atoms with E-state index in [1.54, 1.807) is 0 Å². The fraction of sp³-hybridized carbons (Fsp3) is 0.294. The van der Waals surface area contributed by atoms with Gasteiger partial charge < -0.3 is 9.88 Å². The predicted molar refractivity (Wildman–Crippen MR) is 87.7 cm³/mol. The maximum absolute atomic E-state index is 4.47. The number of aryl methyl sites for hydroxylation is 1. The van der Waals surface area contributed by atoms with Gasteiger partial charge in [0.1, 0.15) is 0 Å². The molecule has 0 radical (unpaired) electrons. The maximum Gasteiger partial charge on any atom is 0.0948 e. The van der Waals surface area contributed by atoms with Crippen molar-refractivity contribution in [3.63, 3.8) is 0 Å². The van der Waals surface area contributed by atoms with Gasteiger partial charge in [0.15, 0.2) is 0 Å². The van der Waals surface area contributed by atoms with Crippen molar-refractivity contribution in [1.29, 1.82) is 0 Å². The third kappa shape index (κ3) is 3.03. The Labute approximate surface area is 130 Å². The van der Waals surface area contributed by atoms with Gasteiger partial charge in [-0.2, -0.15) is 5.10 Å². The second-order valence-electron chi connectivity index (χ2n) is 5.32. The molecule has 0 fully saturated rings.